The molecule has 39 heavy (non-hydrogen) atoms. The van der Waals surface area contributed by atoms with E-state index < -0.39 is 11.9 Å². The third-order valence-electron chi connectivity index (χ3n) is 6.25. The van der Waals surface area contributed by atoms with E-state index in [0.29, 0.717) is 22.6 Å². The van der Waals surface area contributed by atoms with Crippen LogP contribution in [0, 0.1) is 0 Å². The lowest BCUT2D eigenvalue weighted by atomic mass is 9.99. The molecule has 4 aromatic carbocycles. The van der Waals surface area contributed by atoms with Crippen molar-refractivity contribution in [2.75, 3.05) is 26.4 Å². The zero-order chi connectivity index (χ0) is 27.5. The van der Waals surface area contributed by atoms with Crippen LogP contribution in [0.2, 0.25) is 0 Å². The number of fused-ring (bicyclic) bond motifs is 7. The zero-order valence-electron chi connectivity index (χ0n) is 21.9. The highest BCUT2D eigenvalue weighted by atomic mass is 32.1. The minimum Gasteiger partial charge on any atom is -0.490 e. The Morgan fingerprint density at radius 2 is 1.05 bits per heavy atom. The van der Waals surface area contributed by atoms with E-state index in [-0.39, 0.29) is 26.4 Å². The van der Waals surface area contributed by atoms with E-state index in [9.17, 15) is 9.59 Å². The number of rotatable bonds is 10. The van der Waals surface area contributed by atoms with Crippen molar-refractivity contribution >= 4 is 65.0 Å². The van der Waals surface area contributed by atoms with Crippen molar-refractivity contribution in [2.24, 2.45) is 0 Å². The molecule has 0 unspecified atom stereocenters. The number of hydrogen-bond donors (Lipinski definition) is 0. The highest BCUT2D eigenvalue weighted by Gasteiger charge is 2.14. The van der Waals surface area contributed by atoms with E-state index in [2.05, 4.69) is 37.4 Å². The lowest BCUT2D eigenvalue weighted by Crippen LogP contribution is -2.12. The number of thiophene rings is 1. The van der Waals surface area contributed by atoms with Crippen LogP contribution < -0.4 is 9.47 Å². The van der Waals surface area contributed by atoms with E-state index in [0.717, 1.165) is 32.3 Å². The maximum Gasteiger partial charge on any atom is 0.333 e. The lowest BCUT2D eigenvalue weighted by Gasteiger charge is -2.10. The first kappa shape index (κ1) is 26.3. The van der Waals surface area contributed by atoms with Gasteiger partial charge in [0.25, 0.3) is 0 Å². The van der Waals surface area contributed by atoms with Gasteiger partial charge in [-0.3, -0.25) is 0 Å². The fraction of sp³-hybridized carbons (Fsp3) is 0.188. The summed E-state index contributed by atoms with van der Waals surface area (Å²) in [7, 11) is 0. The molecule has 7 heteroatoms. The van der Waals surface area contributed by atoms with Crippen LogP contribution >= 0.6 is 11.3 Å². The molecule has 5 rings (SSSR count). The van der Waals surface area contributed by atoms with Crippen molar-refractivity contribution in [2.45, 2.75) is 13.8 Å². The first-order valence-corrected chi connectivity index (χ1v) is 13.4. The van der Waals surface area contributed by atoms with Gasteiger partial charge in [0.05, 0.1) is 0 Å². The second kappa shape index (κ2) is 11.2. The van der Waals surface area contributed by atoms with Crippen molar-refractivity contribution < 1.29 is 28.5 Å². The van der Waals surface area contributed by atoms with Crippen LogP contribution in [0.1, 0.15) is 13.8 Å². The van der Waals surface area contributed by atoms with Gasteiger partial charge in [0.1, 0.15) is 37.9 Å². The van der Waals surface area contributed by atoms with E-state index in [4.69, 9.17) is 18.9 Å². The first-order valence-electron chi connectivity index (χ1n) is 12.5. The van der Waals surface area contributed by atoms with Gasteiger partial charge in [0.15, 0.2) is 0 Å². The molecule has 1 heterocycles. The zero-order valence-corrected chi connectivity index (χ0v) is 22.7. The largest absolute Gasteiger partial charge is 0.490 e. The standard InChI is InChI=1S/C32H28O6S/c1-19(2)31(33)37-15-13-35-23-9-5-21-7-11-27-29(25(21)17-23)30-26-18-24(36-14-16-38-32(34)20(3)4)10-6-22(26)8-12-28(30)39-27/h5-12,17-18H,1,3,13-16H2,2,4H3. The minimum absolute atomic E-state index is 0.148. The Balaban J connectivity index is 1.47. The van der Waals surface area contributed by atoms with Crippen LogP contribution in [0.3, 0.4) is 0 Å². The molecule has 0 spiro atoms. The quantitative estimate of drug-likeness (QED) is 0.105. The predicted molar refractivity (Wildman–Crippen MR) is 157 cm³/mol. The van der Waals surface area contributed by atoms with Crippen LogP contribution in [-0.4, -0.2) is 38.4 Å². The Bertz CT molecular complexity index is 1640. The van der Waals surface area contributed by atoms with Crippen molar-refractivity contribution in [1.82, 2.24) is 0 Å². The molecule has 0 aliphatic rings. The molecular weight excluding hydrogens is 512 g/mol. The number of hydrogen-bond acceptors (Lipinski definition) is 7. The van der Waals surface area contributed by atoms with E-state index >= 15 is 0 Å². The summed E-state index contributed by atoms with van der Waals surface area (Å²) in [6.07, 6.45) is 0. The van der Waals surface area contributed by atoms with Gasteiger partial charge in [-0.15, -0.1) is 11.3 Å². The highest BCUT2D eigenvalue weighted by Crippen LogP contribution is 2.43. The van der Waals surface area contributed by atoms with Crippen molar-refractivity contribution in [1.29, 1.82) is 0 Å². The molecule has 1 aromatic heterocycles. The van der Waals surface area contributed by atoms with Crippen LogP contribution in [-0.2, 0) is 19.1 Å². The summed E-state index contributed by atoms with van der Waals surface area (Å²) in [6.45, 7) is 11.2. The highest BCUT2D eigenvalue weighted by molar-refractivity contribution is 7.26. The smallest absolute Gasteiger partial charge is 0.333 e. The molecule has 0 aliphatic heterocycles. The van der Waals surface area contributed by atoms with Crippen LogP contribution in [0.5, 0.6) is 11.5 Å². The number of ether oxygens (including phenoxy) is 4. The first-order chi connectivity index (χ1) is 18.8. The molecule has 5 aromatic rings. The summed E-state index contributed by atoms with van der Waals surface area (Å²) in [6, 6.07) is 20.6. The van der Waals surface area contributed by atoms with Gasteiger partial charge in [-0.25, -0.2) is 9.59 Å². The van der Waals surface area contributed by atoms with Crippen LogP contribution in [0.15, 0.2) is 85.0 Å². The van der Waals surface area contributed by atoms with Crippen molar-refractivity contribution in [3.63, 3.8) is 0 Å². The molecule has 0 saturated carbocycles. The average Bonchev–Trinajstić information content (AvgIpc) is 3.32. The Kier molecular flexibility index (Phi) is 7.52. The molecule has 0 amide bonds. The summed E-state index contributed by atoms with van der Waals surface area (Å²) in [4.78, 5) is 23.2. The third-order valence-corrected chi connectivity index (χ3v) is 7.37. The summed E-state index contributed by atoms with van der Waals surface area (Å²) < 4.78 is 24.5. The predicted octanol–water partition coefficient (Wildman–Crippen LogP) is 7.36. The molecule has 0 radical (unpaired) electrons. The fourth-order valence-electron chi connectivity index (χ4n) is 4.38. The van der Waals surface area contributed by atoms with Gasteiger partial charge in [0, 0.05) is 31.3 Å². The fourth-order valence-corrected chi connectivity index (χ4v) is 5.51. The Morgan fingerprint density at radius 1 is 0.641 bits per heavy atom. The average molecular weight is 541 g/mol. The maximum atomic E-state index is 11.6. The summed E-state index contributed by atoms with van der Waals surface area (Å²) in [5.74, 6) is 0.557. The SMILES string of the molecule is C=C(C)C(=O)OCCOc1ccc2ccc3sc4ccc5ccc(OCCOC(=O)C(=C)C)cc5c4c3c2c1. The van der Waals surface area contributed by atoms with Crippen LogP contribution in [0.25, 0.3) is 41.7 Å². The minimum atomic E-state index is -0.424. The van der Waals surface area contributed by atoms with E-state index in [1.165, 1.54) is 9.40 Å². The molecule has 0 saturated heterocycles. The molecule has 0 bridgehead atoms. The summed E-state index contributed by atoms with van der Waals surface area (Å²) >= 11 is 1.74. The van der Waals surface area contributed by atoms with Gasteiger partial charge >= 0.3 is 11.9 Å². The Labute approximate surface area is 230 Å². The van der Waals surface area contributed by atoms with Gasteiger partial charge in [-0.2, -0.15) is 0 Å². The number of carbonyl (C=O) groups excluding carboxylic acids is 2. The molecule has 0 N–H and O–H groups in total. The third kappa shape index (κ3) is 5.59. The van der Waals surface area contributed by atoms with Gasteiger partial charge in [-0.1, -0.05) is 37.4 Å². The summed E-state index contributed by atoms with van der Waals surface area (Å²) in [5, 5.41) is 6.69. The molecule has 198 valence electrons. The van der Waals surface area contributed by atoms with E-state index in [1.54, 1.807) is 25.2 Å². The van der Waals surface area contributed by atoms with Gasteiger partial charge in [0.2, 0.25) is 0 Å². The Morgan fingerprint density at radius 3 is 1.46 bits per heavy atom. The van der Waals surface area contributed by atoms with Crippen molar-refractivity contribution in [3.8, 4) is 11.5 Å². The molecule has 0 aliphatic carbocycles. The van der Waals surface area contributed by atoms with Gasteiger partial charge < -0.3 is 18.9 Å². The summed E-state index contributed by atoms with van der Waals surface area (Å²) in [5.41, 5.74) is 0.721. The topological polar surface area (TPSA) is 71.1 Å². The lowest BCUT2D eigenvalue weighted by molar-refractivity contribution is -0.140. The number of esters is 2. The molecule has 0 atom stereocenters. The molecule has 6 nitrogen and oxygen atoms in total. The van der Waals surface area contributed by atoms with Crippen LogP contribution in [0.4, 0.5) is 0 Å². The second-order valence-corrected chi connectivity index (χ2v) is 10.4. The van der Waals surface area contributed by atoms with Gasteiger partial charge in [-0.05, 0) is 71.8 Å². The monoisotopic (exact) mass is 540 g/mol. The van der Waals surface area contributed by atoms with Crippen molar-refractivity contribution in [3.05, 3.63) is 85.0 Å². The number of benzene rings is 4. The Hall–Kier alpha value is -4.36. The second-order valence-electron chi connectivity index (χ2n) is 9.27. The number of carbonyl (C=O) groups is 2. The normalized spacial score (nSPS) is 11.1. The molecular formula is C32H28O6S. The maximum absolute atomic E-state index is 11.6. The molecule has 0 fully saturated rings. The van der Waals surface area contributed by atoms with E-state index in [1.807, 2.05) is 36.4 Å².